The number of amides is 4. The molecule has 0 radical (unpaired) electrons. The molecule has 0 bridgehead atoms. The van der Waals surface area contributed by atoms with Crippen LogP contribution in [0.3, 0.4) is 0 Å². The Kier molecular flexibility index (Phi) is 12.0. The molecule has 0 spiro atoms. The summed E-state index contributed by atoms with van der Waals surface area (Å²) in [4.78, 5) is 78.1. The largest absolute Gasteiger partial charge is 0.462 e. The van der Waals surface area contributed by atoms with Crippen LogP contribution < -0.4 is 16.0 Å². The van der Waals surface area contributed by atoms with E-state index in [-0.39, 0.29) is 35.6 Å². The second kappa shape index (κ2) is 16.7. The summed E-state index contributed by atoms with van der Waals surface area (Å²) in [7, 11) is 0. The summed E-state index contributed by atoms with van der Waals surface area (Å²) in [6, 6.07) is 20.6. The highest BCUT2D eigenvalue weighted by Gasteiger charge is 2.30. The molecule has 3 N–H and O–H groups in total. The molecule has 0 saturated heterocycles. The molecular formula is C36H33N5O8S2. The lowest BCUT2D eigenvalue weighted by Crippen LogP contribution is -2.34. The number of nitro groups is 1. The maximum absolute atomic E-state index is 13.5. The third kappa shape index (κ3) is 9.46. The SMILES string of the molecule is CCOC(=O)c1c(NC(=O)CSc2cccc(NC(=O)/C(=C\c3ccc([N+](=O)[O-])cc3)NC(=O)c3ccccc3)c2)sc2c1CCN(C(C)=O)C2. The van der Waals surface area contributed by atoms with Crippen LogP contribution >= 0.6 is 23.1 Å². The summed E-state index contributed by atoms with van der Waals surface area (Å²) in [5, 5.41) is 19.7. The lowest BCUT2D eigenvalue weighted by molar-refractivity contribution is -0.384. The quantitative estimate of drug-likeness (QED) is 0.0529. The first-order valence-corrected chi connectivity index (χ1v) is 17.6. The number of benzene rings is 3. The fourth-order valence-corrected chi connectivity index (χ4v) is 7.18. The van der Waals surface area contributed by atoms with Gasteiger partial charge in [0.05, 0.1) is 29.4 Å². The van der Waals surface area contributed by atoms with E-state index in [1.54, 1.807) is 66.4 Å². The van der Waals surface area contributed by atoms with E-state index >= 15 is 0 Å². The van der Waals surface area contributed by atoms with Gasteiger partial charge in [-0.2, -0.15) is 0 Å². The first-order chi connectivity index (χ1) is 24.5. The van der Waals surface area contributed by atoms with Gasteiger partial charge in [0.2, 0.25) is 11.8 Å². The van der Waals surface area contributed by atoms with E-state index in [0.29, 0.717) is 51.8 Å². The minimum Gasteiger partial charge on any atom is -0.462 e. The number of nitrogens with one attached hydrogen (secondary N) is 3. The second-order valence-corrected chi connectivity index (χ2v) is 13.3. The van der Waals surface area contributed by atoms with Crippen molar-refractivity contribution in [3.8, 4) is 0 Å². The van der Waals surface area contributed by atoms with Crippen LogP contribution in [0.15, 0.2) is 89.5 Å². The van der Waals surface area contributed by atoms with Crippen molar-refractivity contribution in [3.63, 3.8) is 0 Å². The number of thioether (sulfide) groups is 1. The van der Waals surface area contributed by atoms with Crippen molar-refractivity contribution in [2.45, 2.75) is 31.7 Å². The van der Waals surface area contributed by atoms with E-state index in [1.807, 2.05) is 0 Å². The third-order valence-electron chi connectivity index (χ3n) is 7.64. The molecule has 51 heavy (non-hydrogen) atoms. The third-order valence-corrected chi connectivity index (χ3v) is 9.77. The molecule has 1 aliphatic heterocycles. The molecule has 0 atom stereocenters. The summed E-state index contributed by atoms with van der Waals surface area (Å²) < 4.78 is 5.27. The van der Waals surface area contributed by atoms with Crippen molar-refractivity contribution in [2.75, 3.05) is 29.5 Å². The number of thiophene rings is 1. The van der Waals surface area contributed by atoms with Gasteiger partial charge in [-0.05, 0) is 73.0 Å². The highest BCUT2D eigenvalue weighted by Crippen LogP contribution is 2.38. The van der Waals surface area contributed by atoms with E-state index in [0.717, 1.165) is 10.4 Å². The number of hydrogen-bond acceptors (Lipinski definition) is 10. The Morgan fingerprint density at radius 2 is 1.75 bits per heavy atom. The van der Waals surface area contributed by atoms with Gasteiger partial charge < -0.3 is 25.6 Å². The van der Waals surface area contributed by atoms with Crippen LogP contribution in [0.1, 0.15) is 50.6 Å². The van der Waals surface area contributed by atoms with Gasteiger partial charge in [0, 0.05) is 46.6 Å². The molecule has 0 fully saturated rings. The zero-order chi connectivity index (χ0) is 36.5. The Hall–Kier alpha value is -5.80. The molecule has 2 heterocycles. The van der Waals surface area contributed by atoms with Crippen LogP contribution in [0.2, 0.25) is 0 Å². The summed E-state index contributed by atoms with van der Waals surface area (Å²) in [5.74, 6) is -2.14. The Morgan fingerprint density at radius 1 is 1.00 bits per heavy atom. The average molecular weight is 728 g/mol. The van der Waals surface area contributed by atoms with Gasteiger partial charge >= 0.3 is 5.97 Å². The van der Waals surface area contributed by atoms with E-state index < -0.39 is 22.7 Å². The van der Waals surface area contributed by atoms with Gasteiger partial charge in [0.25, 0.3) is 17.5 Å². The van der Waals surface area contributed by atoms with Crippen LogP contribution in [0.4, 0.5) is 16.4 Å². The number of fused-ring (bicyclic) bond motifs is 1. The highest BCUT2D eigenvalue weighted by molar-refractivity contribution is 8.00. The first kappa shape index (κ1) is 36.5. The number of hydrogen-bond donors (Lipinski definition) is 3. The van der Waals surface area contributed by atoms with Crippen molar-refractivity contribution < 1.29 is 33.6 Å². The monoisotopic (exact) mass is 727 g/mol. The number of esters is 1. The number of nitro benzene ring substituents is 1. The predicted octanol–water partition coefficient (Wildman–Crippen LogP) is 5.88. The minimum absolute atomic E-state index is 0.0137. The number of ether oxygens (including phenoxy) is 1. The molecule has 1 aliphatic rings. The minimum atomic E-state index is -0.644. The molecule has 13 nitrogen and oxygen atoms in total. The lowest BCUT2D eigenvalue weighted by Gasteiger charge is -2.25. The van der Waals surface area contributed by atoms with Gasteiger partial charge in [-0.3, -0.25) is 29.3 Å². The number of carbonyl (C=O) groups excluding carboxylic acids is 5. The fraction of sp³-hybridized carbons (Fsp3) is 0.194. The van der Waals surface area contributed by atoms with Crippen molar-refractivity contribution >= 4 is 75.1 Å². The Balaban J connectivity index is 1.28. The molecule has 5 rings (SSSR count). The second-order valence-electron chi connectivity index (χ2n) is 11.2. The van der Waals surface area contributed by atoms with Crippen LogP contribution in [0.25, 0.3) is 6.08 Å². The molecular weight excluding hydrogens is 695 g/mol. The predicted molar refractivity (Wildman–Crippen MR) is 194 cm³/mol. The molecule has 0 unspecified atom stereocenters. The number of carbonyl (C=O) groups is 5. The molecule has 15 heteroatoms. The van der Waals surface area contributed by atoms with Crippen LogP contribution in [0.5, 0.6) is 0 Å². The van der Waals surface area contributed by atoms with E-state index in [9.17, 15) is 34.1 Å². The number of non-ortho nitro benzene ring substituents is 1. The molecule has 4 aromatic rings. The maximum Gasteiger partial charge on any atom is 0.341 e. The van der Waals surface area contributed by atoms with Gasteiger partial charge in [0.15, 0.2) is 0 Å². The van der Waals surface area contributed by atoms with Crippen LogP contribution in [0, 0.1) is 10.1 Å². The average Bonchev–Trinajstić information content (AvgIpc) is 3.48. The van der Waals surface area contributed by atoms with Crippen molar-refractivity contribution in [1.82, 2.24) is 10.2 Å². The zero-order valence-electron chi connectivity index (χ0n) is 27.6. The van der Waals surface area contributed by atoms with Crippen molar-refractivity contribution in [2.24, 2.45) is 0 Å². The number of nitrogens with zero attached hydrogens (tertiary/aromatic N) is 2. The van der Waals surface area contributed by atoms with Crippen molar-refractivity contribution in [1.29, 1.82) is 0 Å². The maximum atomic E-state index is 13.5. The molecule has 0 aliphatic carbocycles. The number of anilines is 2. The summed E-state index contributed by atoms with van der Waals surface area (Å²) in [6.07, 6.45) is 1.89. The topological polar surface area (TPSA) is 177 Å². The van der Waals surface area contributed by atoms with Crippen LogP contribution in [-0.4, -0.2) is 58.3 Å². The summed E-state index contributed by atoms with van der Waals surface area (Å²) in [5.41, 5.74) is 2.04. The molecule has 1 aromatic heterocycles. The van der Waals surface area contributed by atoms with E-state index in [4.69, 9.17) is 4.74 Å². The standard InChI is InChI=1S/C36H33N5O8S2/c1-3-49-36(46)32-28-16-17-40(22(2)42)20-30(28)51-35(32)39-31(43)21-50-27-11-7-10-25(19-27)37-34(45)29(38-33(44)24-8-5-4-6-9-24)18-23-12-14-26(15-13-23)41(47)48/h4-15,18-19H,3,16-17,20-21H2,1-2H3,(H,37,45)(H,38,44)(H,39,43)/b29-18+. The highest BCUT2D eigenvalue weighted by atomic mass is 32.2. The van der Waals surface area contributed by atoms with E-state index in [1.165, 1.54) is 60.4 Å². The van der Waals surface area contributed by atoms with Gasteiger partial charge in [0.1, 0.15) is 10.7 Å². The first-order valence-electron chi connectivity index (χ1n) is 15.8. The Bertz CT molecular complexity index is 2010. The summed E-state index contributed by atoms with van der Waals surface area (Å²) in [6.45, 7) is 4.19. The summed E-state index contributed by atoms with van der Waals surface area (Å²) >= 11 is 2.46. The van der Waals surface area contributed by atoms with Crippen LogP contribution in [-0.2, 0) is 32.1 Å². The molecule has 262 valence electrons. The molecule has 0 saturated carbocycles. The molecule has 3 aromatic carbocycles. The van der Waals surface area contributed by atoms with Gasteiger partial charge in [-0.25, -0.2) is 4.79 Å². The van der Waals surface area contributed by atoms with Gasteiger partial charge in [-0.15, -0.1) is 23.1 Å². The smallest absolute Gasteiger partial charge is 0.341 e. The van der Waals surface area contributed by atoms with Gasteiger partial charge in [-0.1, -0.05) is 24.3 Å². The normalized spacial score (nSPS) is 12.4. The Labute approximate surface area is 301 Å². The number of rotatable bonds is 12. The lowest BCUT2D eigenvalue weighted by atomic mass is 10.0. The Morgan fingerprint density at radius 3 is 2.43 bits per heavy atom. The zero-order valence-corrected chi connectivity index (χ0v) is 29.2. The molecule has 4 amide bonds. The van der Waals surface area contributed by atoms with Crippen molar-refractivity contribution in [3.05, 3.63) is 122 Å². The fourth-order valence-electron chi connectivity index (χ4n) is 5.15. The van der Waals surface area contributed by atoms with E-state index in [2.05, 4.69) is 16.0 Å².